The zero-order valence-electron chi connectivity index (χ0n) is 16.7. The SMILES string of the molecule is O=C/C=C/c1ccccc1OCCCOc1ccc(Br)cc1/C=C/C(=O)c1ccco1. The van der Waals surface area contributed by atoms with Crippen molar-refractivity contribution in [1.82, 2.24) is 0 Å². The summed E-state index contributed by atoms with van der Waals surface area (Å²) < 4.78 is 17.7. The third kappa shape index (κ3) is 6.83. The zero-order chi connectivity index (χ0) is 21.9. The quantitative estimate of drug-likeness (QED) is 0.146. The molecule has 2 aromatic carbocycles. The normalized spacial score (nSPS) is 11.1. The summed E-state index contributed by atoms with van der Waals surface area (Å²) >= 11 is 3.45. The number of hydrogen-bond acceptors (Lipinski definition) is 5. The van der Waals surface area contributed by atoms with E-state index in [0.29, 0.717) is 31.1 Å². The number of rotatable bonds is 11. The van der Waals surface area contributed by atoms with Gasteiger partial charge in [0.2, 0.25) is 5.78 Å². The molecule has 1 heterocycles. The molecule has 0 aliphatic heterocycles. The summed E-state index contributed by atoms with van der Waals surface area (Å²) in [5.74, 6) is 1.45. The van der Waals surface area contributed by atoms with Crippen molar-refractivity contribution in [2.45, 2.75) is 6.42 Å². The molecule has 0 unspecified atom stereocenters. The van der Waals surface area contributed by atoms with Crippen LogP contribution in [0.1, 0.15) is 28.1 Å². The van der Waals surface area contributed by atoms with Gasteiger partial charge < -0.3 is 13.9 Å². The van der Waals surface area contributed by atoms with Crippen LogP contribution in [0, 0.1) is 0 Å². The first-order chi connectivity index (χ1) is 15.2. The molecule has 31 heavy (non-hydrogen) atoms. The van der Waals surface area contributed by atoms with Crippen LogP contribution in [-0.4, -0.2) is 25.3 Å². The summed E-state index contributed by atoms with van der Waals surface area (Å²) in [6, 6.07) is 16.4. The molecule has 0 saturated carbocycles. The maximum absolute atomic E-state index is 12.1. The Bertz CT molecular complexity index is 1070. The lowest BCUT2D eigenvalue weighted by atomic mass is 10.1. The fourth-order valence-electron chi connectivity index (χ4n) is 2.76. The van der Waals surface area contributed by atoms with Crippen molar-refractivity contribution in [3.63, 3.8) is 0 Å². The van der Waals surface area contributed by atoms with Gasteiger partial charge in [0.05, 0.1) is 19.5 Å². The molecule has 0 bridgehead atoms. The Labute approximate surface area is 189 Å². The summed E-state index contributed by atoms with van der Waals surface area (Å²) in [5, 5.41) is 0. The highest BCUT2D eigenvalue weighted by Gasteiger charge is 2.07. The van der Waals surface area contributed by atoms with E-state index in [1.165, 1.54) is 18.4 Å². The van der Waals surface area contributed by atoms with E-state index in [9.17, 15) is 9.59 Å². The summed E-state index contributed by atoms with van der Waals surface area (Å²) in [6.07, 6.45) is 9.17. The fourth-order valence-corrected chi connectivity index (χ4v) is 3.14. The Balaban J connectivity index is 1.55. The maximum atomic E-state index is 12.1. The minimum absolute atomic E-state index is 0.216. The minimum atomic E-state index is -0.216. The molecule has 6 heteroatoms. The molecule has 0 aliphatic carbocycles. The molecule has 0 amide bonds. The van der Waals surface area contributed by atoms with E-state index in [4.69, 9.17) is 13.9 Å². The van der Waals surface area contributed by atoms with Gasteiger partial charge >= 0.3 is 0 Å². The zero-order valence-corrected chi connectivity index (χ0v) is 18.3. The van der Waals surface area contributed by atoms with Gasteiger partial charge in [-0.1, -0.05) is 34.1 Å². The predicted molar refractivity (Wildman–Crippen MR) is 123 cm³/mol. The first-order valence-electron chi connectivity index (χ1n) is 9.69. The first-order valence-corrected chi connectivity index (χ1v) is 10.5. The van der Waals surface area contributed by atoms with Gasteiger partial charge in [-0.25, -0.2) is 0 Å². The van der Waals surface area contributed by atoms with Gasteiger partial charge in [-0.15, -0.1) is 0 Å². The number of hydrogen-bond donors (Lipinski definition) is 0. The average molecular weight is 481 g/mol. The fraction of sp³-hybridized carbons (Fsp3) is 0.120. The lowest BCUT2D eigenvalue weighted by Crippen LogP contribution is -2.06. The molecule has 3 rings (SSSR count). The molecule has 0 saturated heterocycles. The number of halogens is 1. The van der Waals surface area contributed by atoms with Gasteiger partial charge in [0.25, 0.3) is 0 Å². The molecule has 1 aromatic heterocycles. The number of carbonyl (C=O) groups is 2. The Hall–Kier alpha value is -3.38. The summed E-state index contributed by atoms with van der Waals surface area (Å²) in [6.45, 7) is 0.908. The van der Waals surface area contributed by atoms with E-state index in [1.807, 2.05) is 42.5 Å². The van der Waals surface area contributed by atoms with Crippen molar-refractivity contribution in [3.05, 3.63) is 94.4 Å². The van der Waals surface area contributed by atoms with E-state index >= 15 is 0 Å². The van der Waals surface area contributed by atoms with E-state index in [1.54, 1.807) is 24.3 Å². The monoisotopic (exact) mass is 480 g/mol. The van der Waals surface area contributed by atoms with Gasteiger partial charge in [0.15, 0.2) is 5.76 Å². The largest absolute Gasteiger partial charge is 0.493 e. The van der Waals surface area contributed by atoms with Gasteiger partial charge in [0.1, 0.15) is 17.8 Å². The highest BCUT2D eigenvalue weighted by molar-refractivity contribution is 9.10. The lowest BCUT2D eigenvalue weighted by molar-refractivity contribution is -0.104. The van der Waals surface area contributed by atoms with Crippen LogP contribution in [0.4, 0.5) is 0 Å². The van der Waals surface area contributed by atoms with E-state index in [0.717, 1.165) is 21.9 Å². The van der Waals surface area contributed by atoms with Crippen molar-refractivity contribution >= 4 is 40.2 Å². The Kier molecular flexibility index (Phi) is 8.43. The molecule has 158 valence electrons. The van der Waals surface area contributed by atoms with Crippen molar-refractivity contribution in [2.75, 3.05) is 13.2 Å². The number of carbonyl (C=O) groups excluding carboxylic acids is 2. The molecule has 0 atom stereocenters. The van der Waals surface area contributed by atoms with Crippen LogP contribution in [0.5, 0.6) is 11.5 Å². The first kappa shape index (κ1) is 22.3. The number of furan rings is 1. The van der Waals surface area contributed by atoms with Gasteiger partial charge in [-0.05, 0) is 60.7 Å². The van der Waals surface area contributed by atoms with E-state index in [2.05, 4.69) is 15.9 Å². The number of allylic oxidation sites excluding steroid dienone is 2. The third-order valence-electron chi connectivity index (χ3n) is 4.23. The van der Waals surface area contributed by atoms with Crippen molar-refractivity contribution in [2.24, 2.45) is 0 Å². The molecule has 5 nitrogen and oxygen atoms in total. The number of para-hydroxylation sites is 1. The Morgan fingerprint density at radius 1 is 0.935 bits per heavy atom. The van der Waals surface area contributed by atoms with Crippen LogP contribution in [0.3, 0.4) is 0 Å². The van der Waals surface area contributed by atoms with Gasteiger partial charge in [-0.2, -0.15) is 0 Å². The van der Waals surface area contributed by atoms with Crippen molar-refractivity contribution in [3.8, 4) is 11.5 Å². The molecule has 3 aromatic rings. The van der Waals surface area contributed by atoms with Crippen LogP contribution in [0.25, 0.3) is 12.2 Å². The van der Waals surface area contributed by atoms with Crippen molar-refractivity contribution in [1.29, 1.82) is 0 Å². The number of benzene rings is 2. The molecular weight excluding hydrogens is 460 g/mol. The van der Waals surface area contributed by atoms with Crippen LogP contribution in [-0.2, 0) is 4.79 Å². The second kappa shape index (κ2) is 11.7. The minimum Gasteiger partial charge on any atom is -0.493 e. The average Bonchev–Trinajstić information content (AvgIpc) is 3.32. The second-order valence-corrected chi connectivity index (χ2v) is 7.36. The van der Waals surface area contributed by atoms with Crippen molar-refractivity contribution < 1.29 is 23.5 Å². The smallest absolute Gasteiger partial charge is 0.221 e. The van der Waals surface area contributed by atoms with Crippen LogP contribution in [0.15, 0.2) is 81.9 Å². The van der Waals surface area contributed by atoms with Crippen LogP contribution < -0.4 is 9.47 Å². The van der Waals surface area contributed by atoms with Crippen LogP contribution in [0.2, 0.25) is 0 Å². The molecule has 0 radical (unpaired) electrons. The molecule has 0 spiro atoms. The maximum Gasteiger partial charge on any atom is 0.221 e. The summed E-state index contributed by atoms with van der Waals surface area (Å²) in [5.41, 5.74) is 1.62. The van der Waals surface area contributed by atoms with E-state index in [-0.39, 0.29) is 11.5 Å². The number of ether oxygens (including phenoxy) is 2. The summed E-state index contributed by atoms with van der Waals surface area (Å²) in [4.78, 5) is 22.7. The predicted octanol–water partition coefficient (Wildman–Crippen LogP) is 6.00. The van der Waals surface area contributed by atoms with Gasteiger partial charge in [0, 0.05) is 22.0 Å². The summed E-state index contributed by atoms with van der Waals surface area (Å²) in [7, 11) is 0. The third-order valence-corrected chi connectivity index (χ3v) is 4.72. The number of ketones is 1. The second-order valence-electron chi connectivity index (χ2n) is 6.44. The topological polar surface area (TPSA) is 65.7 Å². The lowest BCUT2D eigenvalue weighted by Gasteiger charge is -2.11. The van der Waals surface area contributed by atoms with Gasteiger partial charge in [-0.3, -0.25) is 9.59 Å². The van der Waals surface area contributed by atoms with Crippen LogP contribution >= 0.6 is 15.9 Å². The molecule has 0 fully saturated rings. The molecule has 0 aliphatic rings. The molecular formula is C25H21BrO5. The molecule has 0 N–H and O–H groups in total. The number of aldehydes is 1. The Morgan fingerprint density at radius 2 is 1.71 bits per heavy atom. The highest BCUT2D eigenvalue weighted by atomic mass is 79.9. The van der Waals surface area contributed by atoms with E-state index < -0.39 is 0 Å². The Morgan fingerprint density at radius 3 is 2.45 bits per heavy atom. The standard InChI is InChI=1S/C25H21BrO5/c26-21-11-13-24(20(18-21)10-12-22(28)25-9-4-15-31-25)30-17-5-16-29-23-8-2-1-6-19(23)7-3-14-27/h1-4,6-15,18H,5,16-17H2/b7-3+,12-10+. The highest BCUT2D eigenvalue weighted by Crippen LogP contribution is 2.25.